The number of nitrogens with two attached hydrogens (primary N) is 1. The van der Waals surface area contributed by atoms with Crippen LogP contribution in [-0.2, 0) is 4.79 Å². The maximum atomic E-state index is 10.8. The minimum atomic E-state index is -0.279. The number of carbonyl (C=O) groups excluding carboxylic acids is 1. The highest BCUT2D eigenvalue weighted by molar-refractivity contribution is 5.82. The lowest BCUT2D eigenvalue weighted by Gasteiger charge is -2.24. The minimum Gasteiger partial charge on any atom is -0.355 e. The van der Waals surface area contributed by atoms with Gasteiger partial charge in [-0.3, -0.25) is 4.79 Å². The average Bonchev–Trinajstić information content (AvgIpc) is 1.83. The molecule has 0 aromatic carbocycles. The molecule has 0 radical (unpaired) electrons. The molecule has 0 bridgehead atoms. The molecular weight excluding hydrogens is 116 g/mol. The first-order valence-electron chi connectivity index (χ1n) is 3.25. The van der Waals surface area contributed by atoms with Gasteiger partial charge in [0.05, 0.1) is 6.04 Å². The number of hydrogen-bond acceptors (Lipinski definition) is 2. The summed E-state index contributed by atoms with van der Waals surface area (Å²) in [6.45, 7) is 2.79. The van der Waals surface area contributed by atoms with Gasteiger partial charge < -0.3 is 11.1 Å². The van der Waals surface area contributed by atoms with Gasteiger partial charge in [0, 0.05) is 6.54 Å². The van der Waals surface area contributed by atoms with Gasteiger partial charge in [0.1, 0.15) is 0 Å². The molecular formula is C6H12N2O. The maximum absolute atomic E-state index is 10.8. The Morgan fingerprint density at radius 3 is 2.89 bits per heavy atom. The predicted octanol–water partition coefficient (Wildman–Crippen LogP) is -0.530. The second kappa shape index (κ2) is 2.35. The summed E-state index contributed by atoms with van der Waals surface area (Å²) in [5.74, 6) is 0.340. The van der Waals surface area contributed by atoms with Crippen molar-refractivity contribution in [3.05, 3.63) is 0 Å². The van der Waals surface area contributed by atoms with E-state index >= 15 is 0 Å². The molecule has 0 saturated carbocycles. The van der Waals surface area contributed by atoms with E-state index in [2.05, 4.69) is 5.32 Å². The molecule has 1 aliphatic heterocycles. The van der Waals surface area contributed by atoms with Crippen LogP contribution >= 0.6 is 0 Å². The number of rotatable bonds is 0. The van der Waals surface area contributed by atoms with Gasteiger partial charge in [-0.1, -0.05) is 6.92 Å². The van der Waals surface area contributed by atoms with E-state index in [1.165, 1.54) is 0 Å². The first-order chi connectivity index (χ1) is 4.22. The molecule has 1 fully saturated rings. The Bertz CT molecular complexity index is 124. The smallest absolute Gasteiger partial charge is 0.237 e. The molecule has 0 unspecified atom stereocenters. The van der Waals surface area contributed by atoms with E-state index in [-0.39, 0.29) is 11.9 Å². The number of piperidine rings is 1. The maximum Gasteiger partial charge on any atom is 0.237 e. The third kappa shape index (κ3) is 1.21. The Hall–Kier alpha value is -0.570. The molecule has 52 valence electrons. The van der Waals surface area contributed by atoms with E-state index in [0.29, 0.717) is 5.92 Å². The van der Waals surface area contributed by atoms with Crippen LogP contribution in [0.15, 0.2) is 0 Å². The molecule has 2 atom stereocenters. The molecule has 0 aromatic rings. The monoisotopic (exact) mass is 128 g/mol. The van der Waals surface area contributed by atoms with Gasteiger partial charge in [0.25, 0.3) is 0 Å². The summed E-state index contributed by atoms with van der Waals surface area (Å²) in [5, 5.41) is 2.70. The molecule has 0 spiro atoms. The van der Waals surface area contributed by atoms with Crippen molar-refractivity contribution in [2.24, 2.45) is 11.7 Å². The number of amides is 1. The topological polar surface area (TPSA) is 55.1 Å². The molecule has 1 aliphatic rings. The Balaban J connectivity index is 2.51. The van der Waals surface area contributed by atoms with Crippen molar-refractivity contribution in [1.29, 1.82) is 0 Å². The summed E-state index contributed by atoms with van der Waals surface area (Å²) in [7, 11) is 0. The van der Waals surface area contributed by atoms with E-state index < -0.39 is 0 Å². The standard InChI is InChI=1S/C6H12N2O/c1-4-2-3-8-6(9)5(4)7/h4-5H,2-3,7H2,1H3,(H,8,9)/t4-,5-/m0/s1. The Morgan fingerprint density at radius 1 is 1.78 bits per heavy atom. The molecule has 3 N–H and O–H groups in total. The molecule has 3 nitrogen and oxygen atoms in total. The zero-order valence-corrected chi connectivity index (χ0v) is 5.55. The zero-order valence-electron chi connectivity index (χ0n) is 5.55. The van der Waals surface area contributed by atoms with Crippen molar-refractivity contribution in [1.82, 2.24) is 5.32 Å². The van der Waals surface area contributed by atoms with Gasteiger partial charge >= 0.3 is 0 Å². The van der Waals surface area contributed by atoms with Crippen LogP contribution < -0.4 is 11.1 Å². The van der Waals surface area contributed by atoms with Crippen molar-refractivity contribution in [3.8, 4) is 0 Å². The van der Waals surface area contributed by atoms with E-state index in [4.69, 9.17) is 5.73 Å². The summed E-state index contributed by atoms with van der Waals surface area (Å²) in [5.41, 5.74) is 5.51. The van der Waals surface area contributed by atoms with Crippen molar-refractivity contribution in [2.75, 3.05) is 6.54 Å². The Morgan fingerprint density at radius 2 is 2.44 bits per heavy atom. The highest BCUT2D eigenvalue weighted by Crippen LogP contribution is 2.08. The van der Waals surface area contributed by atoms with Crippen LogP contribution in [0.1, 0.15) is 13.3 Å². The second-order valence-electron chi connectivity index (χ2n) is 2.58. The van der Waals surface area contributed by atoms with Gasteiger partial charge in [-0.25, -0.2) is 0 Å². The van der Waals surface area contributed by atoms with Crippen LogP contribution in [0.25, 0.3) is 0 Å². The first kappa shape index (κ1) is 6.55. The van der Waals surface area contributed by atoms with Crippen molar-refractivity contribution in [3.63, 3.8) is 0 Å². The number of hydrogen-bond donors (Lipinski definition) is 2. The van der Waals surface area contributed by atoms with Crippen LogP contribution in [0, 0.1) is 5.92 Å². The van der Waals surface area contributed by atoms with Crippen LogP contribution in [-0.4, -0.2) is 18.5 Å². The highest BCUT2D eigenvalue weighted by Gasteiger charge is 2.24. The Labute approximate surface area is 54.6 Å². The lowest BCUT2D eigenvalue weighted by molar-refractivity contribution is -0.124. The minimum absolute atomic E-state index is 0.00579. The van der Waals surface area contributed by atoms with E-state index in [1.807, 2.05) is 6.92 Å². The summed E-state index contributed by atoms with van der Waals surface area (Å²) in [4.78, 5) is 10.8. The highest BCUT2D eigenvalue weighted by atomic mass is 16.2. The lowest BCUT2D eigenvalue weighted by Crippen LogP contribution is -2.50. The van der Waals surface area contributed by atoms with Gasteiger partial charge in [-0.05, 0) is 12.3 Å². The van der Waals surface area contributed by atoms with Crippen LogP contribution in [0.4, 0.5) is 0 Å². The molecule has 1 heterocycles. The van der Waals surface area contributed by atoms with Gasteiger partial charge in [-0.2, -0.15) is 0 Å². The van der Waals surface area contributed by atoms with Crippen molar-refractivity contribution < 1.29 is 4.79 Å². The molecule has 3 heteroatoms. The van der Waals surface area contributed by atoms with E-state index in [1.54, 1.807) is 0 Å². The van der Waals surface area contributed by atoms with Gasteiger partial charge in [0.2, 0.25) is 5.91 Å². The fourth-order valence-electron chi connectivity index (χ4n) is 0.979. The summed E-state index contributed by atoms with van der Waals surface area (Å²) >= 11 is 0. The van der Waals surface area contributed by atoms with Crippen molar-refractivity contribution >= 4 is 5.91 Å². The molecule has 0 aromatic heterocycles. The Kier molecular flexibility index (Phi) is 1.71. The first-order valence-corrected chi connectivity index (χ1v) is 3.25. The predicted molar refractivity (Wildman–Crippen MR) is 34.8 cm³/mol. The SMILES string of the molecule is C[C@H]1CCNC(=O)[C@H]1N. The molecule has 0 aliphatic carbocycles. The second-order valence-corrected chi connectivity index (χ2v) is 2.58. The third-order valence-corrected chi connectivity index (χ3v) is 1.81. The zero-order chi connectivity index (χ0) is 6.85. The van der Waals surface area contributed by atoms with Crippen LogP contribution in [0.2, 0.25) is 0 Å². The summed E-state index contributed by atoms with van der Waals surface area (Å²) < 4.78 is 0. The van der Waals surface area contributed by atoms with Crippen LogP contribution in [0.3, 0.4) is 0 Å². The van der Waals surface area contributed by atoms with Gasteiger partial charge in [-0.15, -0.1) is 0 Å². The van der Waals surface area contributed by atoms with Gasteiger partial charge in [0.15, 0.2) is 0 Å². The fraction of sp³-hybridized carbons (Fsp3) is 0.833. The summed E-state index contributed by atoms with van der Waals surface area (Å²) in [6.07, 6.45) is 1.01. The molecule has 1 amide bonds. The quantitative estimate of drug-likeness (QED) is 0.461. The normalized spacial score (nSPS) is 36.0. The number of carbonyl (C=O) groups is 1. The largest absolute Gasteiger partial charge is 0.355 e. The van der Waals surface area contributed by atoms with E-state index in [9.17, 15) is 4.79 Å². The third-order valence-electron chi connectivity index (χ3n) is 1.81. The van der Waals surface area contributed by atoms with Crippen LogP contribution in [0.5, 0.6) is 0 Å². The molecule has 1 rings (SSSR count). The summed E-state index contributed by atoms with van der Waals surface area (Å²) in [6, 6.07) is -0.279. The lowest BCUT2D eigenvalue weighted by atomic mass is 9.95. The number of nitrogens with one attached hydrogen (secondary N) is 1. The van der Waals surface area contributed by atoms with Crippen molar-refractivity contribution in [2.45, 2.75) is 19.4 Å². The van der Waals surface area contributed by atoms with E-state index in [0.717, 1.165) is 13.0 Å². The fourth-order valence-corrected chi connectivity index (χ4v) is 0.979. The average molecular weight is 128 g/mol. The molecule has 1 saturated heterocycles. The molecule has 9 heavy (non-hydrogen) atoms.